The number of unbranched alkanes of at least 4 members (excludes halogenated alkanes) is 16. The van der Waals surface area contributed by atoms with Gasteiger partial charge in [-0.15, -0.1) is 0 Å². The topological polar surface area (TPSA) is 307 Å². The summed E-state index contributed by atoms with van der Waals surface area (Å²) < 4.78 is 41.6. The predicted octanol–water partition coefficient (Wildman–Crippen LogP) is 0.897. The lowest BCUT2D eigenvalue weighted by atomic mass is 9.90. The minimum Gasteiger partial charge on any atom is -0.394 e. The predicted molar refractivity (Wildman–Crippen MR) is 240 cm³/mol. The molecule has 3 aliphatic rings. The van der Waals surface area contributed by atoms with E-state index in [4.69, 9.17) is 33.2 Å². The van der Waals surface area contributed by atoms with Crippen LogP contribution in [0.1, 0.15) is 142 Å². The van der Waals surface area contributed by atoms with Crippen LogP contribution in [0.15, 0.2) is 0 Å². The molecule has 3 fully saturated rings. The zero-order valence-corrected chi connectivity index (χ0v) is 39.8. The number of rotatable bonds is 36. The number of aliphatic hydroxyl groups excluding tert-OH is 12. The normalized spacial score (nSPS) is 34.0. The molecule has 392 valence electrons. The summed E-state index contributed by atoms with van der Waals surface area (Å²) in [5.41, 5.74) is -1.55. The van der Waals surface area contributed by atoms with E-state index in [-0.39, 0.29) is 12.5 Å². The van der Waals surface area contributed by atoms with Crippen LogP contribution in [0, 0.1) is 11.3 Å². The first-order chi connectivity index (χ1) is 31.8. The summed E-state index contributed by atoms with van der Waals surface area (Å²) >= 11 is 0. The van der Waals surface area contributed by atoms with E-state index in [9.17, 15) is 61.3 Å². The Morgan fingerprint density at radius 1 is 0.379 bits per heavy atom. The smallest absolute Gasteiger partial charge is 0.186 e. The van der Waals surface area contributed by atoms with Gasteiger partial charge in [-0.3, -0.25) is 0 Å². The first-order valence-electron chi connectivity index (χ1n) is 25.1. The average molecular weight is 959 g/mol. The Morgan fingerprint density at radius 3 is 0.955 bits per heavy atom. The molecule has 0 saturated carbocycles. The van der Waals surface area contributed by atoms with Crippen LogP contribution in [0.5, 0.6) is 0 Å². The molecular weight excluding hydrogens is 868 g/mol. The van der Waals surface area contributed by atoms with Crippen molar-refractivity contribution in [3.05, 3.63) is 0 Å². The summed E-state index contributed by atoms with van der Waals surface area (Å²) in [6.07, 6.45) is -1.26. The van der Waals surface area contributed by atoms with Crippen molar-refractivity contribution in [1.29, 1.82) is 0 Å². The van der Waals surface area contributed by atoms with Gasteiger partial charge in [0.05, 0.1) is 51.7 Å². The highest BCUT2D eigenvalue weighted by atomic mass is 16.7. The van der Waals surface area contributed by atoms with Gasteiger partial charge in [0.1, 0.15) is 73.2 Å². The fourth-order valence-corrected chi connectivity index (χ4v) is 8.88. The molecule has 0 radical (unpaired) electrons. The summed E-state index contributed by atoms with van der Waals surface area (Å²) in [4.78, 5) is 0. The number of hydrogen-bond acceptors (Lipinski definition) is 19. The van der Waals surface area contributed by atoms with Gasteiger partial charge in [0.2, 0.25) is 0 Å². The van der Waals surface area contributed by atoms with Crippen molar-refractivity contribution in [3.63, 3.8) is 0 Å². The molecule has 19 nitrogen and oxygen atoms in total. The van der Waals surface area contributed by atoms with Gasteiger partial charge in [-0.2, -0.15) is 0 Å². The molecule has 0 aromatic carbocycles. The van der Waals surface area contributed by atoms with Crippen molar-refractivity contribution >= 4 is 0 Å². The van der Waals surface area contributed by atoms with Crippen molar-refractivity contribution in [1.82, 2.24) is 0 Å². The Hall–Kier alpha value is -0.760. The number of hydrogen-bond donors (Lipinski definition) is 12. The lowest BCUT2D eigenvalue weighted by Crippen LogP contribution is -2.61. The Labute approximate surface area is 392 Å². The van der Waals surface area contributed by atoms with E-state index in [0.29, 0.717) is 6.61 Å². The SMILES string of the molecule is CCCCCCCCCCCC(CCCCCCCCCCC)COCC(CO[C@@H]1OC(CO)[C@@H](O)[C@H](O)C1O)(CO[C@@H]1OC(CO)[C@@H](O)[C@H](O)C1O)CO[C@@H]1OC(CO)[C@@H](O)[C@H](O)C1O. The van der Waals surface area contributed by atoms with Crippen LogP contribution in [0.2, 0.25) is 0 Å². The van der Waals surface area contributed by atoms with Gasteiger partial charge in [-0.1, -0.05) is 129 Å². The third kappa shape index (κ3) is 19.4. The zero-order valence-electron chi connectivity index (χ0n) is 39.8. The molecule has 12 N–H and O–H groups in total. The maximum atomic E-state index is 10.9. The van der Waals surface area contributed by atoms with Crippen LogP contribution in [-0.4, -0.2) is 206 Å². The highest BCUT2D eigenvalue weighted by Gasteiger charge is 2.49. The molecule has 15 atom stereocenters. The van der Waals surface area contributed by atoms with Gasteiger partial charge < -0.3 is 94.4 Å². The van der Waals surface area contributed by atoms with Crippen LogP contribution in [0.25, 0.3) is 0 Å². The fraction of sp³-hybridized carbons (Fsp3) is 1.00. The monoisotopic (exact) mass is 959 g/mol. The summed E-state index contributed by atoms with van der Waals surface area (Å²) in [5.74, 6) is 0.168. The minimum absolute atomic E-state index is 0.168. The van der Waals surface area contributed by atoms with Gasteiger partial charge in [0, 0.05) is 6.61 Å². The third-order valence-corrected chi connectivity index (χ3v) is 13.4. The van der Waals surface area contributed by atoms with E-state index >= 15 is 0 Å². The van der Waals surface area contributed by atoms with Crippen LogP contribution in [0.4, 0.5) is 0 Å². The quantitative estimate of drug-likeness (QED) is 0.0388. The molecule has 0 spiro atoms. The van der Waals surface area contributed by atoms with E-state index in [1.807, 2.05) is 0 Å². The van der Waals surface area contributed by atoms with Gasteiger partial charge in [0.25, 0.3) is 0 Å². The number of ether oxygens (including phenoxy) is 7. The second-order valence-electron chi connectivity index (χ2n) is 19.1. The largest absolute Gasteiger partial charge is 0.394 e. The summed E-state index contributed by atoms with van der Waals surface area (Å²) in [6, 6.07) is 0. The highest BCUT2D eigenvalue weighted by Crippen LogP contribution is 2.32. The first-order valence-corrected chi connectivity index (χ1v) is 25.1. The van der Waals surface area contributed by atoms with Gasteiger partial charge >= 0.3 is 0 Å². The molecule has 3 rings (SSSR count). The van der Waals surface area contributed by atoms with E-state index in [1.165, 1.54) is 77.0 Å². The Bertz CT molecular complexity index is 1080. The molecule has 3 aliphatic heterocycles. The molecule has 3 heterocycles. The molecule has 0 amide bonds. The van der Waals surface area contributed by atoms with Crippen LogP contribution in [0.3, 0.4) is 0 Å². The van der Waals surface area contributed by atoms with Gasteiger partial charge in [0.15, 0.2) is 18.9 Å². The number of aliphatic hydroxyl groups is 12. The van der Waals surface area contributed by atoms with Crippen LogP contribution >= 0.6 is 0 Å². The van der Waals surface area contributed by atoms with E-state index < -0.39 is 137 Å². The molecule has 0 bridgehead atoms. The molecule has 0 aliphatic carbocycles. The molecule has 19 heteroatoms. The van der Waals surface area contributed by atoms with Crippen molar-refractivity contribution in [3.8, 4) is 0 Å². The van der Waals surface area contributed by atoms with Crippen molar-refractivity contribution in [2.24, 2.45) is 11.3 Å². The van der Waals surface area contributed by atoms with Crippen LogP contribution < -0.4 is 0 Å². The maximum Gasteiger partial charge on any atom is 0.186 e. The summed E-state index contributed by atoms with van der Waals surface area (Å²) in [6.45, 7) is 0.840. The van der Waals surface area contributed by atoms with E-state index in [1.54, 1.807) is 0 Å². The van der Waals surface area contributed by atoms with Gasteiger partial charge in [-0.05, 0) is 18.8 Å². The second kappa shape index (κ2) is 33.0. The van der Waals surface area contributed by atoms with Crippen molar-refractivity contribution in [2.75, 3.05) is 52.9 Å². The molecule has 6 unspecified atom stereocenters. The fourth-order valence-electron chi connectivity index (χ4n) is 8.88. The molecule has 0 aromatic heterocycles. The van der Waals surface area contributed by atoms with Crippen molar-refractivity contribution in [2.45, 2.75) is 234 Å². The minimum atomic E-state index is -1.80. The third-order valence-electron chi connectivity index (χ3n) is 13.4. The van der Waals surface area contributed by atoms with E-state index in [2.05, 4.69) is 13.8 Å². The molecule has 3 saturated heterocycles. The molecule has 0 aromatic rings. The van der Waals surface area contributed by atoms with Gasteiger partial charge in [-0.25, -0.2) is 0 Å². The maximum absolute atomic E-state index is 10.9. The standard InChI is InChI=1S/C47H90O19/c1-3-5-7-9-11-13-15-17-19-21-31(22-20-18-16-14-12-10-8-6-4-2)26-60-27-47(28-61-44-41(57)38(54)35(51)32(23-48)64-44,29-62-45-42(58)39(55)36(52)33(24-49)65-45)30-63-46-43(59)40(56)37(53)34(25-50)66-46/h31-46,48-59H,3-30H2,1-2H3/t32?,33?,34?,35-,36-,37-,38+,39+,40+,41?,42?,43?,44-,45-,46-,47?/m1/s1. The molecule has 66 heavy (non-hydrogen) atoms. The summed E-state index contributed by atoms with van der Waals surface area (Å²) in [7, 11) is 0. The van der Waals surface area contributed by atoms with Crippen molar-refractivity contribution < 1.29 is 94.4 Å². The Morgan fingerprint density at radius 2 is 0.667 bits per heavy atom. The highest BCUT2D eigenvalue weighted by molar-refractivity contribution is 4.93. The molecular formula is C47H90O19. The Balaban J connectivity index is 1.87. The lowest BCUT2D eigenvalue weighted by Gasteiger charge is -2.44. The summed E-state index contributed by atoms with van der Waals surface area (Å²) in [5, 5.41) is 125. The zero-order chi connectivity index (χ0) is 48.5. The van der Waals surface area contributed by atoms with E-state index in [0.717, 1.165) is 51.4 Å². The first kappa shape index (κ1) is 59.5. The Kier molecular flexibility index (Phi) is 29.8. The van der Waals surface area contributed by atoms with Crippen LogP contribution in [-0.2, 0) is 33.2 Å². The lowest BCUT2D eigenvalue weighted by molar-refractivity contribution is -0.332. The average Bonchev–Trinajstić information content (AvgIpc) is 3.32. The second-order valence-corrected chi connectivity index (χ2v) is 19.1.